The Labute approximate surface area is 119 Å². The lowest BCUT2D eigenvalue weighted by Gasteiger charge is -2.25. The van der Waals surface area contributed by atoms with Crippen LogP contribution < -0.4 is 14.8 Å². The number of likely N-dealkylation sites (N-methyl/N-ethyl adjacent to an activating group) is 1. The minimum atomic E-state index is -0.637. The van der Waals surface area contributed by atoms with Crippen LogP contribution in [0.2, 0.25) is 0 Å². The number of hydrogen-bond donors (Lipinski definition) is 1. The summed E-state index contributed by atoms with van der Waals surface area (Å²) in [6.07, 6.45) is 2.07. The van der Waals surface area contributed by atoms with Gasteiger partial charge in [-0.05, 0) is 32.0 Å². The third-order valence-electron chi connectivity index (χ3n) is 3.89. The first-order chi connectivity index (χ1) is 9.65. The molecular weight excluding hydrogens is 258 g/mol. The van der Waals surface area contributed by atoms with Gasteiger partial charge in [0.25, 0.3) is 0 Å². The minimum Gasteiger partial charge on any atom is -0.493 e. The summed E-state index contributed by atoms with van der Waals surface area (Å²) in [7, 11) is 4.81. The Balaban J connectivity index is 2.08. The fraction of sp³-hybridized carbons (Fsp3) is 0.533. The van der Waals surface area contributed by atoms with E-state index in [1.165, 1.54) is 7.11 Å². The van der Waals surface area contributed by atoms with Gasteiger partial charge in [-0.25, -0.2) is 0 Å². The molecule has 2 unspecified atom stereocenters. The van der Waals surface area contributed by atoms with Gasteiger partial charge in [-0.1, -0.05) is 12.1 Å². The molecule has 0 bridgehead atoms. The van der Waals surface area contributed by atoms with Crippen LogP contribution in [0.3, 0.4) is 0 Å². The predicted molar refractivity (Wildman–Crippen MR) is 75.1 cm³/mol. The third-order valence-corrected chi connectivity index (χ3v) is 3.89. The summed E-state index contributed by atoms with van der Waals surface area (Å²) in [6.45, 7) is 0. The van der Waals surface area contributed by atoms with Gasteiger partial charge in [0.15, 0.2) is 11.5 Å². The van der Waals surface area contributed by atoms with Crippen LogP contribution >= 0.6 is 0 Å². The van der Waals surface area contributed by atoms with Gasteiger partial charge in [0.05, 0.1) is 14.2 Å². The van der Waals surface area contributed by atoms with Crippen LogP contribution in [0.5, 0.6) is 11.5 Å². The summed E-state index contributed by atoms with van der Waals surface area (Å²) in [4.78, 5) is 11.9. The van der Waals surface area contributed by atoms with Crippen molar-refractivity contribution in [3.8, 4) is 11.5 Å². The second kappa shape index (κ2) is 6.13. The number of nitrogens with one attached hydrogen (secondary N) is 1. The van der Waals surface area contributed by atoms with E-state index >= 15 is 0 Å². The molecule has 1 aliphatic carbocycles. The molecule has 1 aromatic rings. The molecular formula is C15H21NO4. The number of carbonyl (C=O) groups is 1. The van der Waals surface area contributed by atoms with Crippen molar-refractivity contribution in [2.45, 2.75) is 30.9 Å². The maximum Gasteiger partial charge on any atom is 0.326 e. The SMILES string of the molecule is CNC1(C(=O)OC)CCC(Oc2ccccc2OC)C1. The highest BCUT2D eigenvalue weighted by Gasteiger charge is 2.46. The first kappa shape index (κ1) is 14.7. The van der Waals surface area contributed by atoms with Crippen molar-refractivity contribution in [2.24, 2.45) is 0 Å². The van der Waals surface area contributed by atoms with Crippen molar-refractivity contribution >= 4 is 5.97 Å². The van der Waals surface area contributed by atoms with Crippen LogP contribution in [0.25, 0.3) is 0 Å². The van der Waals surface area contributed by atoms with Crippen molar-refractivity contribution in [1.82, 2.24) is 5.32 Å². The fourth-order valence-electron chi connectivity index (χ4n) is 2.71. The normalized spacial score (nSPS) is 25.2. The van der Waals surface area contributed by atoms with E-state index in [1.54, 1.807) is 14.2 Å². The zero-order valence-electron chi connectivity index (χ0n) is 12.1. The molecule has 5 nitrogen and oxygen atoms in total. The second-order valence-electron chi connectivity index (χ2n) is 4.96. The Hall–Kier alpha value is -1.75. The Morgan fingerprint density at radius 1 is 1.30 bits per heavy atom. The summed E-state index contributed by atoms with van der Waals surface area (Å²) in [6, 6.07) is 7.53. The van der Waals surface area contributed by atoms with E-state index in [-0.39, 0.29) is 12.1 Å². The fourth-order valence-corrected chi connectivity index (χ4v) is 2.71. The molecule has 0 heterocycles. The van der Waals surface area contributed by atoms with Gasteiger partial charge in [0, 0.05) is 6.42 Å². The van der Waals surface area contributed by atoms with Gasteiger partial charge < -0.3 is 19.5 Å². The first-order valence-corrected chi connectivity index (χ1v) is 6.72. The van der Waals surface area contributed by atoms with E-state index in [0.29, 0.717) is 24.3 Å². The summed E-state index contributed by atoms with van der Waals surface area (Å²) in [5, 5.41) is 3.09. The molecule has 110 valence electrons. The largest absolute Gasteiger partial charge is 0.493 e. The predicted octanol–water partition coefficient (Wildman–Crippen LogP) is 1.76. The molecule has 0 radical (unpaired) electrons. The van der Waals surface area contributed by atoms with E-state index in [4.69, 9.17) is 14.2 Å². The molecule has 0 aromatic heterocycles. The second-order valence-corrected chi connectivity index (χ2v) is 4.96. The van der Waals surface area contributed by atoms with Gasteiger partial charge in [0.2, 0.25) is 0 Å². The van der Waals surface area contributed by atoms with Crippen LogP contribution in [-0.4, -0.2) is 38.9 Å². The summed E-state index contributed by atoms with van der Waals surface area (Å²) in [5.41, 5.74) is -0.637. The molecule has 0 aliphatic heterocycles. The number of ether oxygens (including phenoxy) is 3. The van der Waals surface area contributed by atoms with E-state index in [0.717, 1.165) is 6.42 Å². The lowest BCUT2D eigenvalue weighted by Crippen LogP contribution is -2.49. The van der Waals surface area contributed by atoms with Crippen LogP contribution in [0.4, 0.5) is 0 Å². The molecule has 0 amide bonds. The first-order valence-electron chi connectivity index (χ1n) is 6.72. The summed E-state index contributed by atoms with van der Waals surface area (Å²) >= 11 is 0. The Bertz CT molecular complexity index is 477. The number of esters is 1. The standard InChI is InChI=1S/C15H21NO4/c1-16-15(14(17)19-3)9-8-11(10-15)20-13-7-5-4-6-12(13)18-2/h4-7,11,16H,8-10H2,1-3H3. The average Bonchev–Trinajstić information content (AvgIpc) is 2.91. The Morgan fingerprint density at radius 2 is 2.00 bits per heavy atom. The maximum absolute atomic E-state index is 11.9. The number of hydrogen-bond acceptors (Lipinski definition) is 5. The highest BCUT2D eigenvalue weighted by atomic mass is 16.5. The van der Waals surface area contributed by atoms with Gasteiger partial charge in [0.1, 0.15) is 11.6 Å². The molecule has 20 heavy (non-hydrogen) atoms. The van der Waals surface area contributed by atoms with Gasteiger partial charge in [-0.2, -0.15) is 0 Å². The van der Waals surface area contributed by atoms with E-state index in [1.807, 2.05) is 24.3 Å². The zero-order valence-corrected chi connectivity index (χ0v) is 12.1. The smallest absolute Gasteiger partial charge is 0.326 e. The van der Waals surface area contributed by atoms with Gasteiger partial charge >= 0.3 is 5.97 Å². The number of methoxy groups -OCH3 is 2. The van der Waals surface area contributed by atoms with E-state index < -0.39 is 5.54 Å². The summed E-state index contributed by atoms with van der Waals surface area (Å²) in [5.74, 6) is 1.18. The van der Waals surface area contributed by atoms with Crippen LogP contribution in [0.15, 0.2) is 24.3 Å². The topological polar surface area (TPSA) is 56.8 Å². The molecule has 0 spiro atoms. The Kier molecular flexibility index (Phi) is 4.49. The van der Waals surface area contributed by atoms with Crippen LogP contribution in [0.1, 0.15) is 19.3 Å². The van der Waals surface area contributed by atoms with Crippen molar-refractivity contribution in [2.75, 3.05) is 21.3 Å². The molecule has 2 rings (SSSR count). The third kappa shape index (κ3) is 2.72. The molecule has 0 saturated heterocycles. The van der Waals surface area contributed by atoms with Gasteiger partial charge in [-0.15, -0.1) is 0 Å². The number of rotatable bonds is 5. The Morgan fingerprint density at radius 3 is 2.60 bits per heavy atom. The summed E-state index contributed by atoms with van der Waals surface area (Å²) < 4.78 is 16.1. The number of benzene rings is 1. The molecule has 1 aromatic carbocycles. The van der Waals surface area contributed by atoms with E-state index in [9.17, 15) is 4.79 Å². The number of carbonyl (C=O) groups excluding carboxylic acids is 1. The number of para-hydroxylation sites is 2. The van der Waals surface area contributed by atoms with Gasteiger partial charge in [-0.3, -0.25) is 4.79 Å². The van der Waals surface area contributed by atoms with E-state index in [2.05, 4.69) is 5.32 Å². The quantitative estimate of drug-likeness (QED) is 0.832. The monoisotopic (exact) mass is 279 g/mol. The lowest BCUT2D eigenvalue weighted by atomic mass is 9.98. The molecule has 5 heteroatoms. The van der Waals surface area contributed by atoms with Crippen molar-refractivity contribution in [1.29, 1.82) is 0 Å². The van der Waals surface area contributed by atoms with Crippen LogP contribution in [0, 0.1) is 0 Å². The maximum atomic E-state index is 11.9. The van der Waals surface area contributed by atoms with Crippen molar-refractivity contribution < 1.29 is 19.0 Å². The molecule has 1 fully saturated rings. The molecule has 2 atom stereocenters. The van der Waals surface area contributed by atoms with Crippen molar-refractivity contribution in [3.05, 3.63) is 24.3 Å². The zero-order chi connectivity index (χ0) is 14.6. The molecule has 1 saturated carbocycles. The lowest BCUT2D eigenvalue weighted by molar-refractivity contribution is -0.148. The minimum absolute atomic E-state index is 0.0298. The molecule has 1 N–H and O–H groups in total. The molecule has 1 aliphatic rings. The van der Waals surface area contributed by atoms with Crippen LogP contribution in [-0.2, 0) is 9.53 Å². The highest BCUT2D eigenvalue weighted by molar-refractivity contribution is 5.81. The van der Waals surface area contributed by atoms with Crippen molar-refractivity contribution in [3.63, 3.8) is 0 Å². The average molecular weight is 279 g/mol. The highest BCUT2D eigenvalue weighted by Crippen LogP contribution is 2.36.